The van der Waals surface area contributed by atoms with Crippen molar-refractivity contribution >= 4 is 135 Å². The average Bonchev–Trinajstić information content (AvgIpc) is 1.56. The van der Waals surface area contributed by atoms with Crippen molar-refractivity contribution in [1.82, 2.24) is 4.57 Å². The maximum atomic E-state index is 7.70. The van der Waals surface area contributed by atoms with Gasteiger partial charge in [0, 0.05) is 78.5 Å². The lowest BCUT2D eigenvalue weighted by atomic mass is 9.33. The molecule has 0 bridgehead atoms. The first-order valence-electron chi connectivity index (χ1n) is 31.2. The molecule has 0 amide bonds. The zero-order chi connectivity index (χ0) is 59.9. The lowest BCUT2D eigenvalue weighted by Crippen LogP contribution is -2.61. The summed E-state index contributed by atoms with van der Waals surface area (Å²) >= 11 is 0. The molecule has 0 radical (unpaired) electrons. The zero-order valence-corrected chi connectivity index (χ0v) is 49.6. The van der Waals surface area contributed by atoms with Gasteiger partial charge in [-0.2, -0.15) is 0 Å². The summed E-state index contributed by atoms with van der Waals surface area (Å²) in [5.41, 5.74) is 25.4. The van der Waals surface area contributed by atoms with Crippen LogP contribution in [-0.4, -0.2) is 11.3 Å². The van der Waals surface area contributed by atoms with Gasteiger partial charge in [-0.3, -0.25) is 0 Å². The maximum Gasteiger partial charge on any atom is 0.257 e. The molecule has 18 rings (SSSR count). The molecule has 91 heavy (non-hydrogen) atoms. The molecule has 0 aliphatic carbocycles. The Bertz CT molecular complexity index is 5290. The van der Waals surface area contributed by atoms with Crippen molar-refractivity contribution in [3.63, 3.8) is 0 Å². The van der Waals surface area contributed by atoms with Crippen LogP contribution >= 0.6 is 0 Å². The van der Waals surface area contributed by atoms with Crippen LogP contribution in [0.5, 0.6) is 0 Å². The number of furan rings is 1. The first-order valence-corrected chi connectivity index (χ1v) is 31.2. The second kappa shape index (κ2) is 21.4. The molecule has 0 spiro atoms. The van der Waals surface area contributed by atoms with Crippen LogP contribution in [0.4, 0.5) is 68.2 Å². The number of para-hydroxylation sites is 9. The molecule has 2 aliphatic heterocycles. The van der Waals surface area contributed by atoms with E-state index in [0.29, 0.717) is 0 Å². The largest absolute Gasteiger partial charge is 0.456 e. The first-order chi connectivity index (χ1) is 45.2. The summed E-state index contributed by atoms with van der Waals surface area (Å²) in [7, 11) is 0. The van der Waals surface area contributed by atoms with Crippen LogP contribution in [0.15, 0.2) is 344 Å². The molecule has 0 saturated carbocycles. The Morgan fingerprint density at radius 3 is 1.24 bits per heavy atom. The van der Waals surface area contributed by atoms with Crippen molar-refractivity contribution < 1.29 is 4.42 Å². The minimum Gasteiger partial charge on any atom is -0.456 e. The second-order valence-electron chi connectivity index (χ2n) is 23.5. The van der Waals surface area contributed by atoms with Crippen molar-refractivity contribution in [2.24, 2.45) is 0 Å². The Morgan fingerprint density at radius 1 is 0.297 bits per heavy atom. The SMILES string of the molecule is c1ccc(-c2ccccc2N2c3cc(N(c4ccccc4)c4ccccc4)ccc3B3c4c2cc(-n2c5ccccc5c5ccccc52)cc4N(c2ccccc2-c2ccccc2)c2cc(N(c4ccccc4)c4ccccc4)c4c(oc5ccccc54)c23)cc1. The molecule has 2 aromatic heterocycles. The molecular formula is C84H56BN5O. The Hall–Kier alpha value is -12.1. The van der Waals surface area contributed by atoms with E-state index in [4.69, 9.17) is 4.42 Å². The Morgan fingerprint density at radius 2 is 0.714 bits per heavy atom. The number of benzene rings is 14. The van der Waals surface area contributed by atoms with Crippen LogP contribution in [0.3, 0.4) is 0 Å². The topological polar surface area (TPSA) is 31.0 Å². The third-order valence-electron chi connectivity index (χ3n) is 18.5. The van der Waals surface area contributed by atoms with Gasteiger partial charge in [0.1, 0.15) is 11.2 Å². The molecular weight excluding hydrogens is 1110 g/mol. The number of fused-ring (bicyclic) bond motifs is 11. The van der Waals surface area contributed by atoms with E-state index >= 15 is 0 Å². The van der Waals surface area contributed by atoms with Gasteiger partial charge in [-0.25, -0.2) is 0 Å². The Balaban J connectivity index is 1.04. The third-order valence-corrected chi connectivity index (χ3v) is 18.5. The Labute approximate surface area is 528 Å². The van der Waals surface area contributed by atoms with Crippen LogP contribution in [0, 0.1) is 0 Å². The van der Waals surface area contributed by atoms with E-state index < -0.39 is 0 Å². The van der Waals surface area contributed by atoms with E-state index in [0.717, 1.165) is 140 Å². The number of hydrogen-bond acceptors (Lipinski definition) is 5. The molecule has 16 aromatic rings. The van der Waals surface area contributed by atoms with Crippen LogP contribution in [0.1, 0.15) is 0 Å². The fraction of sp³-hybridized carbons (Fsp3) is 0. The maximum absolute atomic E-state index is 7.70. The van der Waals surface area contributed by atoms with E-state index in [1.165, 1.54) is 16.2 Å². The van der Waals surface area contributed by atoms with E-state index in [9.17, 15) is 0 Å². The lowest BCUT2D eigenvalue weighted by Gasteiger charge is -2.45. The highest BCUT2D eigenvalue weighted by Crippen LogP contribution is 2.54. The smallest absolute Gasteiger partial charge is 0.257 e. The molecule has 14 aromatic carbocycles. The van der Waals surface area contributed by atoms with Gasteiger partial charge in [0.15, 0.2) is 0 Å². The minimum atomic E-state index is -0.363. The van der Waals surface area contributed by atoms with Crippen LogP contribution in [-0.2, 0) is 0 Å². The highest BCUT2D eigenvalue weighted by Gasteiger charge is 2.47. The molecule has 0 atom stereocenters. The molecule has 426 valence electrons. The zero-order valence-electron chi connectivity index (χ0n) is 49.6. The second-order valence-corrected chi connectivity index (χ2v) is 23.5. The lowest BCUT2D eigenvalue weighted by molar-refractivity contribution is 0.671. The fourth-order valence-corrected chi connectivity index (χ4v) is 14.7. The van der Waals surface area contributed by atoms with Crippen LogP contribution in [0.2, 0.25) is 0 Å². The number of anilines is 12. The molecule has 0 fully saturated rings. The van der Waals surface area contributed by atoms with Gasteiger partial charge in [-0.05, 0) is 137 Å². The van der Waals surface area contributed by atoms with E-state index in [-0.39, 0.29) is 6.71 Å². The van der Waals surface area contributed by atoms with Crippen LogP contribution < -0.4 is 36.0 Å². The average molecular weight is 1160 g/mol. The monoisotopic (exact) mass is 1160 g/mol. The number of rotatable bonds is 11. The van der Waals surface area contributed by atoms with Crippen molar-refractivity contribution in [1.29, 1.82) is 0 Å². The van der Waals surface area contributed by atoms with Crippen molar-refractivity contribution in [3.8, 4) is 27.9 Å². The van der Waals surface area contributed by atoms with Gasteiger partial charge in [0.25, 0.3) is 6.71 Å². The molecule has 6 nitrogen and oxygen atoms in total. The predicted octanol–water partition coefficient (Wildman–Crippen LogP) is 21.0. The molecule has 7 heteroatoms. The summed E-state index contributed by atoms with van der Waals surface area (Å²) < 4.78 is 10.2. The van der Waals surface area contributed by atoms with E-state index in [2.05, 4.69) is 364 Å². The summed E-state index contributed by atoms with van der Waals surface area (Å²) in [6.07, 6.45) is 0. The van der Waals surface area contributed by atoms with E-state index in [1.54, 1.807) is 0 Å². The van der Waals surface area contributed by atoms with Gasteiger partial charge in [0.05, 0.1) is 39.2 Å². The predicted molar refractivity (Wildman–Crippen MR) is 382 cm³/mol. The van der Waals surface area contributed by atoms with Crippen molar-refractivity contribution in [3.05, 3.63) is 340 Å². The minimum absolute atomic E-state index is 0.363. The standard InChI is InChI=1S/C84H56BN5O/c1-7-29-57(30-8-1)65-41-19-24-46-71(65)89-75-53-63(86(59-33-11-3-12-34-59)60-35-13-4-14-36-60)51-52-70(75)85-82-77(89)54-64(88-73-48-26-21-43-67(73)68-44-22-27-49-74(68)88)55-78(82)90(72-47-25-20-42-66(72)58-31-9-2-10-32-58)79-56-76(81-69-45-23-28-50-80(69)91-84(81)83(79)85)87(61-37-15-5-16-38-61)62-39-17-6-18-40-62/h1-56H. The van der Waals surface area contributed by atoms with Crippen molar-refractivity contribution in [2.75, 3.05) is 19.6 Å². The summed E-state index contributed by atoms with van der Waals surface area (Å²) in [5.74, 6) is 0. The highest BCUT2D eigenvalue weighted by molar-refractivity contribution is 7.01. The number of aromatic nitrogens is 1. The molecule has 4 heterocycles. The molecule has 0 unspecified atom stereocenters. The summed E-state index contributed by atoms with van der Waals surface area (Å²) in [6.45, 7) is -0.363. The molecule has 2 aliphatic rings. The number of nitrogens with zero attached hydrogens (tertiary/aromatic N) is 5. The van der Waals surface area contributed by atoms with Gasteiger partial charge in [-0.1, -0.05) is 231 Å². The Kier molecular flexibility index (Phi) is 12.2. The van der Waals surface area contributed by atoms with Gasteiger partial charge < -0.3 is 28.6 Å². The van der Waals surface area contributed by atoms with Crippen LogP contribution in [0.25, 0.3) is 71.7 Å². The van der Waals surface area contributed by atoms with Gasteiger partial charge in [0.2, 0.25) is 0 Å². The first kappa shape index (κ1) is 52.1. The number of hydrogen-bond donors (Lipinski definition) is 0. The fourth-order valence-electron chi connectivity index (χ4n) is 14.7. The highest BCUT2D eigenvalue weighted by atomic mass is 16.3. The summed E-state index contributed by atoms with van der Waals surface area (Å²) in [6, 6.07) is 124. The van der Waals surface area contributed by atoms with E-state index in [1.807, 2.05) is 0 Å². The quantitative estimate of drug-likeness (QED) is 0.121. The third kappa shape index (κ3) is 8.36. The normalized spacial score (nSPS) is 12.3. The van der Waals surface area contributed by atoms with Gasteiger partial charge in [-0.15, -0.1) is 0 Å². The molecule has 0 saturated heterocycles. The van der Waals surface area contributed by atoms with Gasteiger partial charge >= 0.3 is 0 Å². The van der Waals surface area contributed by atoms with Crippen molar-refractivity contribution in [2.45, 2.75) is 0 Å². The summed E-state index contributed by atoms with van der Waals surface area (Å²) in [5, 5.41) is 4.48. The molecule has 0 N–H and O–H groups in total. The summed E-state index contributed by atoms with van der Waals surface area (Å²) in [4.78, 5) is 9.99.